The molecular formula is C28H20Cl2N4O4. The fourth-order valence-corrected chi connectivity index (χ4v) is 5.08. The van der Waals surface area contributed by atoms with Crippen LogP contribution in [-0.2, 0) is 25.7 Å². The van der Waals surface area contributed by atoms with Gasteiger partial charge in [0.05, 0.1) is 16.8 Å². The maximum atomic E-state index is 12.4. The highest BCUT2D eigenvalue weighted by Crippen LogP contribution is 2.28. The predicted molar refractivity (Wildman–Crippen MR) is 144 cm³/mol. The van der Waals surface area contributed by atoms with E-state index in [2.05, 4.69) is 9.97 Å². The number of halogens is 2. The van der Waals surface area contributed by atoms with Gasteiger partial charge in [0, 0.05) is 27.2 Å². The number of hydrogen-bond donors (Lipinski definition) is 1. The molecule has 0 fully saturated rings. The van der Waals surface area contributed by atoms with E-state index in [-0.39, 0.29) is 22.9 Å². The highest BCUT2D eigenvalue weighted by atomic mass is 35.5. The number of nitrogen functional groups attached to an aromatic ring is 1. The Kier molecular flexibility index (Phi) is 6.93. The highest BCUT2D eigenvalue weighted by molar-refractivity contribution is 6.31. The number of carbonyl (C=O) groups excluding carboxylic acids is 2. The number of anilines is 1. The minimum absolute atomic E-state index is 0.0471. The van der Waals surface area contributed by atoms with E-state index >= 15 is 0 Å². The second-order valence-corrected chi connectivity index (χ2v) is 9.87. The summed E-state index contributed by atoms with van der Waals surface area (Å²) in [6.45, 7) is 0. The van der Waals surface area contributed by atoms with E-state index in [0.29, 0.717) is 51.0 Å². The van der Waals surface area contributed by atoms with E-state index in [1.54, 1.807) is 30.3 Å². The van der Waals surface area contributed by atoms with E-state index in [1.807, 2.05) is 12.1 Å². The monoisotopic (exact) mass is 546 g/mol. The Morgan fingerprint density at radius 3 is 1.71 bits per heavy atom. The largest absolute Gasteiger partial charge is 0.397 e. The third-order valence-electron chi connectivity index (χ3n) is 6.53. The first kappa shape index (κ1) is 25.5. The van der Waals surface area contributed by atoms with Crippen molar-refractivity contribution in [3.8, 4) is 0 Å². The van der Waals surface area contributed by atoms with Gasteiger partial charge in [-0.1, -0.05) is 23.2 Å². The van der Waals surface area contributed by atoms with Crippen molar-refractivity contribution in [2.75, 3.05) is 5.73 Å². The van der Waals surface area contributed by atoms with Gasteiger partial charge in [-0.15, -0.1) is 0 Å². The summed E-state index contributed by atoms with van der Waals surface area (Å²) < 4.78 is 0. The van der Waals surface area contributed by atoms with Crippen LogP contribution in [0.1, 0.15) is 54.4 Å². The summed E-state index contributed by atoms with van der Waals surface area (Å²) >= 11 is 11.9. The van der Waals surface area contributed by atoms with Crippen LogP contribution in [0.15, 0.2) is 60.9 Å². The van der Waals surface area contributed by atoms with Crippen molar-refractivity contribution in [2.24, 2.45) is 0 Å². The van der Waals surface area contributed by atoms with Crippen LogP contribution in [0.5, 0.6) is 0 Å². The highest BCUT2D eigenvalue weighted by Gasteiger charge is 2.25. The van der Waals surface area contributed by atoms with E-state index < -0.39 is 4.92 Å². The molecule has 0 saturated carbocycles. The molecule has 38 heavy (non-hydrogen) atoms. The number of aryl methyl sites for hydroxylation is 4. The molecule has 0 aliphatic heterocycles. The first-order chi connectivity index (χ1) is 18.2. The third-order valence-corrected chi connectivity index (χ3v) is 7.00. The van der Waals surface area contributed by atoms with Gasteiger partial charge in [-0.25, -0.2) is 4.98 Å². The Balaban J connectivity index is 0.000000156. The number of nitro groups is 1. The maximum Gasteiger partial charge on any atom is 0.287 e. The van der Waals surface area contributed by atoms with Crippen molar-refractivity contribution in [2.45, 2.75) is 25.7 Å². The van der Waals surface area contributed by atoms with Gasteiger partial charge in [0.25, 0.3) is 5.69 Å². The van der Waals surface area contributed by atoms with E-state index in [0.717, 1.165) is 35.7 Å². The van der Waals surface area contributed by atoms with Gasteiger partial charge in [0.2, 0.25) is 11.6 Å². The van der Waals surface area contributed by atoms with Crippen molar-refractivity contribution < 1.29 is 14.5 Å². The quantitative estimate of drug-likeness (QED) is 0.242. The lowest BCUT2D eigenvalue weighted by Crippen LogP contribution is -2.07. The Bertz CT molecular complexity index is 1580. The Morgan fingerprint density at radius 1 is 0.711 bits per heavy atom. The minimum Gasteiger partial charge on any atom is -0.397 e. The van der Waals surface area contributed by atoms with E-state index in [4.69, 9.17) is 28.9 Å². The molecule has 0 amide bonds. The van der Waals surface area contributed by atoms with Crippen molar-refractivity contribution in [3.63, 3.8) is 0 Å². The summed E-state index contributed by atoms with van der Waals surface area (Å²) in [6, 6.07) is 13.7. The molecule has 2 aromatic heterocycles. The van der Waals surface area contributed by atoms with Gasteiger partial charge < -0.3 is 5.73 Å². The fourth-order valence-electron chi connectivity index (χ4n) is 4.69. The fraction of sp³-hybridized carbons (Fsp3) is 0.143. The number of hydrogen-bond acceptors (Lipinski definition) is 7. The Hall–Kier alpha value is -4.14. The molecule has 2 N–H and O–H groups in total. The maximum absolute atomic E-state index is 12.4. The summed E-state index contributed by atoms with van der Waals surface area (Å²) in [7, 11) is 0. The molecule has 10 heteroatoms. The van der Waals surface area contributed by atoms with Gasteiger partial charge in [-0.2, -0.15) is 0 Å². The molecule has 6 rings (SSSR count). The molecule has 4 aromatic rings. The van der Waals surface area contributed by atoms with Crippen LogP contribution in [-0.4, -0.2) is 26.5 Å². The van der Waals surface area contributed by atoms with Crippen molar-refractivity contribution >= 4 is 46.1 Å². The van der Waals surface area contributed by atoms with Crippen LogP contribution in [0.25, 0.3) is 0 Å². The molecule has 2 heterocycles. The molecule has 0 spiro atoms. The zero-order chi connectivity index (χ0) is 27.0. The molecule has 8 nitrogen and oxygen atoms in total. The van der Waals surface area contributed by atoms with Crippen LogP contribution >= 0.6 is 23.2 Å². The Morgan fingerprint density at radius 2 is 1.18 bits per heavy atom. The molecule has 2 aliphatic carbocycles. The van der Waals surface area contributed by atoms with Gasteiger partial charge in [-0.3, -0.25) is 24.7 Å². The molecule has 0 bridgehead atoms. The molecule has 0 unspecified atom stereocenters. The number of benzene rings is 2. The van der Waals surface area contributed by atoms with E-state index in [1.165, 1.54) is 12.3 Å². The summed E-state index contributed by atoms with van der Waals surface area (Å²) in [5.74, 6) is -0.256. The number of pyridine rings is 2. The predicted octanol–water partition coefficient (Wildman–Crippen LogP) is 5.62. The van der Waals surface area contributed by atoms with Gasteiger partial charge in [0.15, 0.2) is 0 Å². The number of aromatic nitrogens is 2. The number of carbonyl (C=O) groups is 2. The number of rotatable bonds is 1. The summed E-state index contributed by atoms with van der Waals surface area (Å²) in [5, 5.41) is 12.0. The van der Waals surface area contributed by atoms with Crippen molar-refractivity contribution in [3.05, 3.63) is 126 Å². The lowest BCUT2D eigenvalue weighted by Gasteiger charge is -2.04. The zero-order valence-electron chi connectivity index (χ0n) is 19.9. The lowest BCUT2D eigenvalue weighted by molar-refractivity contribution is -0.385. The molecule has 0 radical (unpaired) electrons. The van der Waals surface area contributed by atoms with Gasteiger partial charge >= 0.3 is 0 Å². The first-order valence-corrected chi connectivity index (χ1v) is 12.5. The third kappa shape index (κ3) is 5.01. The normalized spacial score (nSPS) is 13.5. The SMILES string of the molecule is Nc1cnc2c(c1)CCc1cc(Cl)ccc1C2=O.O=C1c2ccc(Cl)cc2CCc2cc([N+](=O)[O-])cnc21. The van der Waals surface area contributed by atoms with Crippen LogP contribution < -0.4 is 5.73 Å². The molecule has 2 aromatic carbocycles. The van der Waals surface area contributed by atoms with Crippen molar-refractivity contribution in [1.29, 1.82) is 0 Å². The molecule has 0 saturated heterocycles. The van der Waals surface area contributed by atoms with Crippen LogP contribution in [0, 0.1) is 10.1 Å². The summed E-state index contributed by atoms with van der Waals surface area (Å²) in [6.07, 6.45) is 5.32. The van der Waals surface area contributed by atoms with Crippen LogP contribution in [0.3, 0.4) is 0 Å². The molecule has 0 atom stereocenters. The van der Waals surface area contributed by atoms with Crippen molar-refractivity contribution in [1.82, 2.24) is 9.97 Å². The van der Waals surface area contributed by atoms with Crippen LogP contribution in [0.2, 0.25) is 10.0 Å². The second-order valence-electron chi connectivity index (χ2n) is 9.00. The zero-order valence-corrected chi connectivity index (χ0v) is 21.4. The second kappa shape index (κ2) is 10.3. The molecule has 2 aliphatic rings. The number of fused-ring (bicyclic) bond motifs is 4. The average Bonchev–Trinajstić information content (AvgIpc) is 3.11. The van der Waals surface area contributed by atoms with E-state index in [9.17, 15) is 19.7 Å². The number of nitrogens with zero attached hydrogens (tertiary/aromatic N) is 3. The summed E-state index contributed by atoms with van der Waals surface area (Å²) in [4.78, 5) is 43.3. The minimum atomic E-state index is -0.507. The molecular weight excluding hydrogens is 527 g/mol. The summed E-state index contributed by atoms with van der Waals surface area (Å²) in [5.41, 5.74) is 11.6. The first-order valence-electron chi connectivity index (χ1n) is 11.7. The number of nitrogens with two attached hydrogens (primary N) is 1. The topological polar surface area (TPSA) is 129 Å². The van der Waals surface area contributed by atoms with Gasteiger partial charge in [-0.05, 0) is 90.4 Å². The molecule has 190 valence electrons. The lowest BCUT2D eigenvalue weighted by atomic mass is 10.0. The number of ketones is 2. The standard InChI is InChI=1S/C14H9ClN2O3.C14H11ClN2O/c15-10-3-4-12-8(5-10)1-2-9-6-11(17(19)20)7-16-13(9)14(12)18;15-10-3-4-12-8(5-10)1-2-9-6-11(16)7-17-13(9)14(12)18/h3-7H,1-2H2;3-7H,1-2,16H2. The van der Waals surface area contributed by atoms with Crippen LogP contribution in [0.4, 0.5) is 11.4 Å². The smallest absolute Gasteiger partial charge is 0.287 e. The van der Waals surface area contributed by atoms with Gasteiger partial charge in [0.1, 0.15) is 17.6 Å². The average molecular weight is 547 g/mol. The Labute approximate surface area is 227 Å².